The van der Waals surface area contributed by atoms with Gasteiger partial charge >= 0.3 is 0 Å². The van der Waals surface area contributed by atoms with Crippen molar-refractivity contribution in [3.05, 3.63) is 59.7 Å². The van der Waals surface area contributed by atoms with Gasteiger partial charge in [-0.3, -0.25) is 4.79 Å². The third-order valence-electron chi connectivity index (χ3n) is 4.59. The molecule has 2 aromatic carbocycles. The maximum atomic E-state index is 12.6. The van der Waals surface area contributed by atoms with Crippen molar-refractivity contribution in [3.63, 3.8) is 0 Å². The highest BCUT2D eigenvalue weighted by Crippen LogP contribution is 2.30. The molecular formula is C21H26O5. The standard InChI is InChI=1S/C21H26O5/c1-4-18(21(24)15-7-11-17(26-3)12-8-15)20(23)13-19(22)14-5-9-16(25-2)10-6-14/h5-12,18-19,21-22,24H,4,13H2,1-3H3/t18-,19+,21-/m0/s1. The first kappa shape index (κ1) is 19.9. The molecule has 2 N–H and O–H groups in total. The number of ketones is 1. The van der Waals surface area contributed by atoms with Crippen LogP contribution in [0, 0.1) is 5.92 Å². The molecular weight excluding hydrogens is 332 g/mol. The second-order valence-corrected chi connectivity index (χ2v) is 6.19. The Labute approximate surface area is 154 Å². The number of carbonyl (C=O) groups excluding carboxylic acids is 1. The van der Waals surface area contributed by atoms with Gasteiger partial charge in [0.05, 0.1) is 26.4 Å². The molecule has 0 saturated carbocycles. The number of ether oxygens (including phenoxy) is 2. The summed E-state index contributed by atoms with van der Waals surface area (Å²) in [7, 11) is 3.14. The van der Waals surface area contributed by atoms with E-state index in [1.165, 1.54) is 0 Å². The molecule has 0 radical (unpaired) electrons. The molecule has 0 aromatic heterocycles. The van der Waals surface area contributed by atoms with Crippen molar-refractivity contribution in [1.29, 1.82) is 0 Å². The number of methoxy groups -OCH3 is 2. The van der Waals surface area contributed by atoms with Crippen molar-refractivity contribution in [2.24, 2.45) is 5.92 Å². The van der Waals surface area contributed by atoms with Gasteiger partial charge in [-0.15, -0.1) is 0 Å². The minimum atomic E-state index is -0.915. The van der Waals surface area contributed by atoms with E-state index in [4.69, 9.17) is 9.47 Å². The van der Waals surface area contributed by atoms with E-state index in [-0.39, 0.29) is 12.2 Å². The summed E-state index contributed by atoms with van der Waals surface area (Å²) in [5.41, 5.74) is 1.30. The molecule has 0 heterocycles. The SMILES string of the molecule is CC[C@@H](C(=O)C[C@@H](O)c1ccc(OC)cc1)[C@@H](O)c1ccc(OC)cc1. The Morgan fingerprint density at radius 2 is 1.35 bits per heavy atom. The maximum absolute atomic E-state index is 12.6. The third kappa shape index (κ3) is 4.84. The molecule has 26 heavy (non-hydrogen) atoms. The van der Waals surface area contributed by atoms with E-state index in [0.29, 0.717) is 29.0 Å². The molecule has 0 aliphatic rings. The molecule has 3 atom stereocenters. The Kier molecular flexibility index (Phi) is 7.18. The molecule has 0 aliphatic carbocycles. The molecule has 2 rings (SSSR count). The van der Waals surface area contributed by atoms with Gasteiger partial charge in [0.1, 0.15) is 17.3 Å². The minimum Gasteiger partial charge on any atom is -0.497 e. The lowest BCUT2D eigenvalue weighted by atomic mass is 9.86. The molecule has 0 fully saturated rings. The fourth-order valence-corrected chi connectivity index (χ4v) is 2.95. The zero-order valence-electron chi connectivity index (χ0n) is 15.4. The summed E-state index contributed by atoms with van der Waals surface area (Å²) < 4.78 is 10.2. The van der Waals surface area contributed by atoms with Crippen LogP contribution in [-0.2, 0) is 4.79 Å². The first-order valence-electron chi connectivity index (χ1n) is 8.66. The zero-order chi connectivity index (χ0) is 19.1. The van der Waals surface area contributed by atoms with Crippen LogP contribution in [0.4, 0.5) is 0 Å². The molecule has 5 heteroatoms. The largest absolute Gasteiger partial charge is 0.497 e. The van der Waals surface area contributed by atoms with E-state index in [1.54, 1.807) is 62.8 Å². The lowest BCUT2D eigenvalue weighted by Crippen LogP contribution is -2.23. The van der Waals surface area contributed by atoms with Crippen LogP contribution in [0.2, 0.25) is 0 Å². The van der Waals surface area contributed by atoms with E-state index in [1.807, 2.05) is 6.92 Å². The quantitative estimate of drug-likeness (QED) is 0.718. The smallest absolute Gasteiger partial charge is 0.141 e. The van der Waals surface area contributed by atoms with Crippen LogP contribution in [0.3, 0.4) is 0 Å². The van der Waals surface area contributed by atoms with Crippen LogP contribution < -0.4 is 9.47 Å². The number of rotatable bonds is 9. The van der Waals surface area contributed by atoms with Gasteiger partial charge in [0.15, 0.2) is 0 Å². The molecule has 0 spiro atoms. The molecule has 140 valence electrons. The highest BCUT2D eigenvalue weighted by atomic mass is 16.5. The number of Topliss-reactive ketones (excluding diaryl/α,β-unsaturated/α-hetero) is 1. The number of benzene rings is 2. The van der Waals surface area contributed by atoms with Crippen molar-refractivity contribution in [2.45, 2.75) is 32.0 Å². The van der Waals surface area contributed by atoms with Crippen LogP contribution in [-0.4, -0.2) is 30.2 Å². The second kappa shape index (κ2) is 9.36. The minimum absolute atomic E-state index is 0.0436. The van der Waals surface area contributed by atoms with E-state index in [9.17, 15) is 15.0 Å². The number of hydrogen-bond acceptors (Lipinski definition) is 5. The van der Waals surface area contributed by atoms with E-state index in [2.05, 4.69) is 0 Å². The van der Waals surface area contributed by atoms with Gasteiger partial charge in [0, 0.05) is 12.3 Å². The third-order valence-corrected chi connectivity index (χ3v) is 4.59. The number of aliphatic hydroxyl groups excluding tert-OH is 2. The Morgan fingerprint density at radius 1 is 0.885 bits per heavy atom. The van der Waals surface area contributed by atoms with Crippen molar-refractivity contribution in [1.82, 2.24) is 0 Å². The molecule has 0 amide bonds. The summed E-state index contributed by atoms with van der Waals surface area (Å²) in [5.74, 6) is 0.638. The highest BCUT2D eigenvalue weighted by molar-refractivity contribution is 5.82. The van der Waals surface area contributed by atoms with E-state index in [0.717, 1.165) is 0 Å². The van der Waals surface area contributed by atoms with Gasteiger partial charge in [-0.25, -0.2) is 0 Å². The topological polar surface area (TPSA) is 76.0 Å². The highest BCUT2D eigenvalue weighted by Gasteiger charge is 2.28. The summed E-state index contributed by atoms with van der Waals surface area (Å²) in [5, 5.41) is 21.0. The Balaban J connectivity index is 2.06. The Hall–Kier alpha value is -2.37. The van der Waals surface area contributed by atoms with Gasteiger partial charge in [0.2, 0.25) is 0 Å². The van der Waals surface area contributed by atoms with Crippen LogP contribution in [0.15, 0.2) is 48.5 Å². The van der Waals surface area contributed by atoms with Crippen LogP contribution >= 0.6 is 0 Å². The van der Waals surface area contributed by atoms with E-state index >= 15 is 0 Å². The zero-order valence-corrected chi connectivity index (χ0v) is 15.4. The summed E-state index contributed by atoms with van der Waals surface area (Å²) in [6.07, 6.45) is -1.38. The van der Waals surface area contributed by atoms with Gasteiger partial charge in [0.25, 0.3) is 0 Å². The maximum Gasteiger partial charge on any atom is 0.141 e. The lowest BCUT2D eigenvalue weighted by molar-refractivity contribution is -0.128. The molecule has 5 nitrogen and oxygen atoms in total. The fraction of sp³-hybridized carbons (Fsp3) is 0.381. The van der Waals surface area contributed by atoms with Crippen molar-refractivity contribution in [3.8, 4) is 11.5 Å². The van der Waals surface area contributed by atoms with Crippen molar-refractivity contribution < 1.29 is 24.5 Å². The Bertz CT molecular complexity index is 693. The van der Waals surface area contributed by atoms with Crippen LogP contribution in [0.1, 0.15) is 43.1 Å². The fourth-order valence-electron chi connectivity index (χ4n) is 2.95. The second-order valence-electron chi connectivity index (χ2n) is 6.19. The van der Waals surface area contributed by atoms with Gasteiger partial charge < -0.3 is 19.7 Å². The predicted molar refractivity (Wildman–Crippen MR) is 99.3 cm³/mol. The molecule has 0 unspecified atom stereocenters. The first-order chi connectivity index (χ1) is 12.5. The molecule has 0 saturated heterocycles. The molecule has 2 aromatic rings. The van der Waals surface area contributed by atoms with E-state index < -0.39 is 18.1 Å². The van der Waals surface area contributed by atoms with Crippen LogP contribution in [0.5, 0.6) is 11.5 Å². The van der Waals surface area contributed by atoms with Gasteiger partial charge in [-0.1, -0.05) is 31.2 Å². The average molecular weight is 358 g/mol. The lowest BCUT2D eigenvalue weighted by Gasteiger charge is -2.22. The summed E-state index contributed by atoms with van der Waals surface area (Å²) in [6, 6.07) is 14.0. The Morgan fingerprint density at radius 3 is 1.77 bits per heavy atom. The number of hydrogen-bond donors (Lipinski definition) is 2. The molecule has 0 bridgehead atoms. The normalized spacial score (nSPS) is 14.3. The van der Waals surface area contributed by atoms with Crippen molar-refractivity contribution in [2.75, 3.05) is 14.2 Å². The van der Waals surface area contributed by atoms with Gasteiger partial charge in [-0.05, 0) is 41.8 Å². The number of carbonyl (C=O) groups is 1. The summed E-state index contributed by atoms with van der Waals surface area (Å²) in [6.45, 7) is 1.86. The van der Waals surface area contributed by atoms with Crippen LogP contribution in [0.25, 0.3) is 0 Å². The number of aliphatic hydroxyl groups is 2. The van der Waals surface area contributed by atoms with Gasteiger partial charge in [-0.2, -0.15) is 0 Å². The predicted octanol–water partition coefficient (Wildman–Crippen LogP) is 3.46. The van der Waals surface area contributed by atoms with Crippen molar-refractivity contribution >= 4 is 5.78 Å². The summed E-state index contributed by atoms with van der Waals surface area (Å²) in [4.78, 5) is 12.6. The summed E-state index contributed by atoms with van der Waals surface area (Å²) >= 11 is 0. The molecule has 0 aliphatic heterocycles. The monoisotopic (exact) mass is 358 g/mol. The average Bonchev–Trinajstić information content (AvgIpc) is 2.68. The first-order valence-corrected chi connectivity index (χ1v) is 8.66.